The predicted octanol–water partition coefficient (Wildman–Crippen LogP) is 4.38. The van der Waals surface area contributed by atoms with Crippen molar-refractivity contribution < 1.29 is 13.6 Å². The number of nitrogens with zero attached hydrogens (tertiary/aromatic N) is 2. The average molecular weight is 421 g/mol. The van der Waals surface area contributed by atoms with Gasteiger partial charge in [0.25, 0.3) is 5.91 Å². The van der Waals surface area contributed by atoms with Crippen molar-refractivity contribution in [2.75, 3.05) is 0 Å². The smallest absolute Gasteiger partial charge is 0.346 e. The zero-order valence-corrected chi connectivity index (χ0v) is 14.6. The van der Waals surface area contributed by atoms with Crippen LogP contribution in [0.4, 0.5) is 8.78 Å². The Morgan fingerprint density at radius 2 is 2.26 bits per heavy atom. The molecular formula is C14H9BrClF2N3OS. The molecule has 0 aliphatic rings. The molecule has 0 atom stereocenters. The van der Waals surface area contributed by atoms with E-state index in [1.807, 2.05) is 17.5 Å². The molecule has 9 heteroatoms. The molecule has 0 spiro atoms. The summed E-state index contributed by atoms with van der Waals surface area (Å²) in [5.74, 6) is -0.443. The molecule has 3 rings (SSSR count). The Morgan fingerprint density at radius 1 is 1.48 bits per heavy atom. The minimum absolute atomic E-state index is 0.0434. The molecule has 0 saturated carbocycles. The molecule has 120 valence electrons. The van der Waals surface area contributed by atoms with E-state index in [0.717, 1.165) is 4.88 Å². The molecule has 0 saturated heterocycles. The number of imidazole rings is 1. The number of amides is 1. The van der Waals surface area contributed by atoms with Crippen molar-refractivity contribution in [2.45, 2.75) is 11.9 Å². The molecule has 3 aromatic rings. The molecular weight excluding hydrogens is 412 g/mol. The molecule has 23 heavy (non-hydrogen) atoms. The Morgan fingerprint density at radius 3 is 2.91 bits per heavy atom. The summed E-state index contributed by atoms with van der Waals surface area (Å²) in [4.78, 5) is 17.1. The molecule has 4 nitrogen and oxygen atoms in total. The first-order valence-electron chi connectivity index (χ1n) is 6.40. The van der Waals surface area contributed by atoms with E-state index in [4.69, 9.17) is 11.6 Å². The lowest BCUT2D eigenvalue weighted by Gasteiger charge is -2.09. The summed E-state index contributed by atoms with van der Waals surface area (Å²) in [6.07, 6.45) is 2.92. The molecule has 0 fully saturated rings. The molecule has 0 aliphatic heterocycles. The van der Waals surface area contributed by atoms with Gasteiger partial charge in [0.15, 0.2) is 0 Å². The van der Waals surface area contributed by atoms with E-state index in [9.17, 15) is 13.6 Å². The maximum atomic E-state index is 13.5. The molecule has 0 unspecified atom stereocenters. The second-order valence-corrected chi connectivity index (χ2v) is 7.11. The number of alkyl halides is 3. The van der Waals surface area contributed by atoms with Crippen molar-refractivity contribution in [3.63, 3.8) is 0 Å². The topological polar surface area (TPSA) is 46.4 Å². The summed E-state index contributed by atoms with van der Waals surface area (Å²) in [7, 11) is 0. The number of carbonyl (C=O) groups excluding carboxylic acids is 1. The zero-order chi connectivity index (χ0) is 16.6. The van der Waals surface area contributed by atoms with Crippen LogP contribution in [0.25, 0.3) is 5.65 Å². The van der Waals surface area contributed by atoms with Crippen LogP contribution in [0.3, 0.4) is 0 Å². The molecule has 0 radical (unpaired) electrons. The summed E-state index contributed by atoms with van der Waals surface area (Å²) < 4.78 is 28.8. The van der Waals surface area contributed by atoms with E-state index in [0.29, 0.717) is 11.0 Å². The van der Waals surface area contributed by atoms with Crippen LogP contribution < -0.4 is 5.32 Å². The van der Waals surface area contributed by atoms with E-state index in [2.05, 4.69) is 26.2 Å². The first-order valence-corrected chi connectivity index (χ1v) is 8.45. The summed E-state index contributed by atoms with van der Waals surface area (Å²) in [5, 5.41) is 1.02. The van der Waals surface area contributed by atoms with Crippen LogP contribution in [-0.2, 0) is 11.9 Å². The molecule has 0 aliphatic carbocycles. The highest BCUT2D eigenvalue weighted by Gasteiger charge is 2.32. The van der Waals surface area contributed by atoms with Crippen LogP contribution in [0, 0.1) is 0 Å². The largest absolute Gasteiger partial charge is 0.351 e. The van der Waals surface area contributed by atoms with Gasteiger partial charge in [-0.3, -0.25) is 4.79 Å². The highest BCUT2D eigenvalue weighted by atomic mass is 79.9. The maximum absolute atomic E-state index is 13.5. The summed E-state index contributed by atoms with van der Waals surface area (Å²) in [5.41, 5.74) is -0.484. The first-order chi connectivity index (χ1) is 10.8. The second-order valence-electron chi connectivity index (χ2n) is 4.69. The fraction of sp³-hybridized carbons (Fsp3) is 0.143. The summed E-state index contributed by atoms with van der Waals surface area (Å²) >= 11 is 9.77. The van der Waals surface area contributed by atoms with Gasteiger partial charge < -0.3 is 9.72 Å². The number of hydrogen-bond acceptors (Lipinski definition) is 3. The third-order valence-electron chi connectivity index (χ3n) is 3.06. The Labute approximate surface area is 147 Å². The Bertz CT molecular complexity index is 861. The number of rotatable bonds is 4. The van der Waals surface area contributed by atoms with Gasteiger partial charge >= 0.3 is 5.38 Å². The van der Waals surface area contributed by atoms with Gasteiger partial charge in [-0.25, -0.2) is 4.98 Å². The first kappa shape index (κ1) is 16.4. The number of carbonyl (C=O) groups is 1. The van der Waals surface area contributed by atoms with Crippen molar-refractivity contribution in [3.8, 4) is 0 Å². The van der Waals surface area contributed by atoms with E-state index >= 15 is 0 Å². The maximum Gasteiger partial charge on any atom is 0.351 e. The number of thiophene rings is 1. The van der Waals surface area contributed by atoms with Gasteiger partial charge in [0.05, 0.1) is 12.1 Å². The molecule has 3 aromatic heterocycles. The van der Waals surface area contributed by atoms with E-state index in [1.165, 1.54) is 34.2 Å². The van der Waals surface area contributed by atoms with Crippen molar-refractivity contribution in [1.82, 2.24) is 14.7 Å². The minimum atomic E-state index is -3.58. The monoisotopic (exact) mass is 419 g/mol. The van der Waals surface area contributed by atoms with Gasteiger partial charge in [-0.2, -0.15) is 8.78 Å². The van der Waals surface area contributed by atoms with Gasteiger partial charge in [-0.1, -0.05) is 6.07 Å². The fourth-order valence-electron chi connectivity index (χ4n) is 2.05. The fourth-order valence-corrected chi connectivity index (χ4v) is 3.29. The highest BCUT2D eigenvalue weighted by Crippen LogP contribution is 2.36. The number of aromatic nitrogens is 2. The molecule has 0 aromatic carbocycles. The molecule has 1 N–H and O–H groups in total. The average Bonchev–Trinajstić information content (AvgIpc) is 3.11. The summed E-state index contributed by atoms with van der Waals surface area (Å²) in [6.45, 7) is 0.354. The Balaban J connectivity index is 1.92. The lowest BCUT2D eigenvalue weighted by Crippen LogP contribution is -2.22. The molecule has 3 heterocycles. The zero-order valence-electron chi connectivity index (χ0n) is 11.4. The van der Waals surface area contributed by atoms with Crippen LogP contribution in [-0.4, -0.2) is 15.3 Å². The van der Waals surface area contributed by atoms with Gasteiger partial charge in [0, 0.05) is 21.7 Å². The van der Waals surface area contributed by atoms with Crippen molar-refractivity contribution in [1.29, 1.82) is 0 Å². The number of hydrogen-bond donors (Lipinski definition) is 1. The van der Waals surface area contributed by atoms with Crippen LogP contribution in [0.15, 0.2) is 40.4 Å². The third-order valence-corrected chi connectivity index (χ3v) is 4.57. The van der Waals surface area contributed by atoms with Gasteiger partial charge in [-0.15, -0.1) is 11.3 Å². The van der Waals surface area contributed by atoms with Crippen molar-refractivity contribution >= 4 is 50.4 Å². The van der Waals surface area contributed by atoms with Gasteiger partial charge in [-0.05, 0) is 45.0 Å². The lowest BCUT2D eigenvalue weighted by atomic mass is 10.3. The third kappa shape index (κ3) is 3.54. The Kier molecular flexibility index (Phi) is 4.39. The van der Waals surface area contributed by atoms with Crippen LogP contribution in [0.1, 0.15) is 20.9 Å². The van der Waals surface area contributed by atoms with E-state index in [-0.39, 0.29) is 11.3 Å². The normalized spacial score (nSPS) is 11.8. The van der Waals surface area contributed by atoms with E-state index < -0.39 is 16.9 Å². The lowest BCUT2D eigenvalue weighted by molar-refractivity contribution is 0.0939. The number of nitrogens with one attached hydrogen (secondary N) is 1. The van der Waals surface area contributed by atoms with Crippen LogP contribution in [0.2, 0.25) is 0 Å². The quantitative estimate of drug-likeness (QED) is 0.637. The number of pyridine rings is 1. The summed E-state index contributed by atoms with van der Waals surface area (Å²) in [6, 6.07) is 4.95. The highest BCUT2D eigenvalue weighted by molar-refractivity contribution is 9.10. The number of halogens is 4. The van der Waals surface area contributed by atoms with Crippen LogP contribution in [0.5, 0.6) is 0 Å². The standard InChI is InChI=1S/C14H9BrClF2N3OS/c15-8-4-10(14(16,17)18)12-20-11(7-21(12)6-8)13(22)19-5-9-2-1-3-23-9/h1-4,6-7H,5H2,(H,19,22). The van der Waals surface area contributed by atoms with Crippen molar-refractivity contribution in [2.24, 2.45) is 0 Å². The number of fused-ring (bicyclic) bond motifs is 1. The second kappa shape index (κ2) is 6.18. The van der Waals surface area contributed by atoms with Crippen molar-refractivity contribution in [3.05, 3.63) is 56.6 Å². The van der Waals surface area contributed by atoms with Crippen LogP contribution >= 0.6 is 38.9 Å². The van der Waals surface area contributed by atoms with E-state index in [1.54, 1.807) is 0 Å². The molecule has 0 bridgehead atoms. The minimum Gasteiger partial charge on any atom is -0.346 e. The predicted molar refractivity (Wildman–Crippen MR) is 88.1 cm³/mol. The van der Waals surface area contributed by atoms with Gasteiger partial charge in [0.2, 0.25) is 0 Å². The Hall–Kier alpha value is -1.51. The SMILES string of the molecule is O=C(NCc1cccs1)c1cn2cc(Br)cc(C(F)(F)Cl)c2n1. The molecule has 1 amide bonds. The van der Waals surface area contributed by atoms with Gasteiger partial charge in [0.1, 0.15) is 11.3 Å².